The number of carbonyl (C=O) groups is 1. The van der Waals surface area contributed by atoms with Crippen molar-refractivity contribution in [3.05, 3.63) is 52.0 Å². The summed E-state index contributed by atoms with van der Waals surface area (Å²) in [6.45, 7) is 1.69. The van der Waals surface area contributed by atoms with Crippen LogP contribution in [-0.4, -0.2) is 33.0 Å². The highest BCUT2D eigenvalue weighted by molar-refractivity contribution is 7.10. The van der Waals surface area contributed by atoms with Crippen molar-refractivity contribution in [1.82, 2.24) is 25.3 Å². The van der Waals surface area contributed by atoms with Gasteiger partial charge in [-0.3, -0.25) is 4.79 Å². The van der Waals surface area contributed by atoms with Gasteiger partial charge in [-0.05, 0) is 24.4 Å². The lowest BCUT2D eigenvalue weighted by Crippen LogP contribution is -2.28. The summed E-state index contributed by atoms with van der Waals surface area (Å²) in [5.41, 5.74) is -1.82. The lowest BCUT2D eigenvalue weighted by molar-refractivity contribution is -0.143. The highest BCUT2D eigenvalue weighted by Gasteiger charge is 2.41. The van der Waals surface area contributed by atoms with E-state index in [0.29, 0.717) is 4.68 Å². The molecule has 1 atom stereocenters. The van der Waals surface area contributed by atoms with Gasteiger partial charge in [0.15, 0.2) is 11.5 Å². The Morgan fingerprint density at radius 1 is 1.30 bits per heavy atom. The quantitative estimate of drug-likeness (QED) is 0.715. The second kappa shape index (κ2) is 7.35. The molecular weight excluding hydrogens is 383 g/mol. The Bertz CT molecular complexity index is 923. The van der Waals surface area contributed by atoms with Gasteiger partial charge in [-0.1, -0.05) is 6.07 Å². The van der Waals surface area contributed by atoms with E-state index in [4.69, 9.17) is 4.74 Å². The summed E-state index contributed by atoms with van der Waals surface area (Å²) in [5.74, 6) is -0.924. The van der Waals surface area contributed by atoms with E-state index in [2.05, 4.69) is 20.6 Å². The summed E-state index contributed by atoms with van der Waals surface area (Å²) in [6, 6.07) is 5.76. The van der Waals surface area contributed by atoms with Gasteiger partial charge in [0, 0.05) is 10.9 Å². The number of methoxy groups -OCH3 is 1. The van der Waals surface area contributed by atoms with Gasteiger partial charge < -0.3 is 10.1 Å². The number of halogens is 3. The summed E-state index contributed by atoms with van der Waals surface area (Å²) in [7, 11) is 1.36. The SMILES string of the molecule is COc1ccc(-n2ncc(C(=O)NC(C)c3cccs3)c2C(F)(F)F)nn1. The second-order valence-corrected chi connectivity index (χ2v) is 6.44. The number of amides is 1. The molecule has 1 unspecified atom stereocenters. The van der Waals surface area contributed by atoms with Crippen LogP contribution in [0.4, 0.5) is 13.2 Å². The zero-order valence-corrected chi connectivity index (χ0v) is 15.0. The standard InChI is InChI=1S/C16H14F3N5O2S/c1-9(11-4-3-7-27-11)21-15(25)10-8-20-24(14(10)16(17,18)19)12-5-6-13(26-2)23-22-12/h3-9H,1-2H3,(H,21,25). The van der Waals surface area contributed by atoms with Crippen molar-refractivity contribution in [2.45, 2.75) is 19.1 Å². The minimum atomic E-state index is -4.82. The van der Waals surface area contributed by atoms with E-state index in [1.807, 2.05) is 5.38 Å². The molecule has 142 valence electrons. The number of aromatic nitrogens is 4. The Kier molecular flexibility index (Phi) is 5.13. The van der Waals surface area contributed by atoms with Crippen LogP contribution in [0.3, 0.4) is 0 Å². The minimum absolute atomic E-state index is 0.141. The van der Waals surface area contributed by atoms with Crippen LogP contribution >= 0.6 is 11.3 Å². The van der Waals surface area contributed by atoms with Gasteiger partial charge in [0.1, 0.15) is 0 Å². The average Bonchev–Trinajstić information content (AvgIpc) is 3.31. The van der Waals surface area contributed by atoms with Crippen LogP contribution in [0, 0.1) is 0 Å². The first kappa shape index (κ1) is 18.8. The molecule has 0 aliphatic carbocycles. The molecule has 11 heteroatoms. The highest BCUT2D eigenvalue weighted by Crippen LogP contribution is 2.33. The number of nitrogens with one attached hydrogen (secondary N) is 1. The molecular formula is C16H14F3N5O2S. The fraction of sp³-hybridized carbons (Fsp3) is 0.250. The highest BCUT2D eigenvalue weighted by atomic mass is 32.1. The zero-order chi connectivity index (χ0) is 19.6. The number of nitrogens with zero attached hydrogens (tertiary/aromatic N) is 4. The Morgan fingerprint density at radius 2 is 2.07 bits per heavy atom. The molecule has 0 fully saturated rings. The molecule has 3 aromatic heterocycles. The van der Waals surface area contributed by atoms with Crippen molar-refractivity contribution in [2.75, 3.05) is 7.11 Å². The Balaban J connectivity index is 1.96. The van der Waals surface area contributed by atoms with Crippen LogP contribution in [0.25, 0.3) is 5.82 Å². The molecule has 0 spiro atoms. The molecule has 7 nitrogen and oxygen atoms in total. The first-order valence-electron chi connectivity index (χ1n) is 7.69. The number of rotatable bonds is 5. The number of carbonyl (C=O) groups excluding carboxylic acids is 1. The maximum absolute atomic E-state index is 13.6. The van der Waals surface area contributed by atoms with Crippen LogP contribution in [0.5, 0.6) is 5.88 Å². The van der Waals surface area contributed by atoms with Crippen molar-refractivity contribution in [1.29, 1.82) is 0 Å². The van der Waals surface area contributed by atoms with E-state index < -0.39 is 29.4 Å². The molecule has 3 aromatic rings. The predicted octanol–water partition coefficient (Wildman–Crippen LogP) is 3.24. The van der Waals surface area contributed by atoms with Gasteiger partial charge in [-0.15, -0.1) is 21.5 Å². The number of ether oxygens (including phenoxy) is 1. The average molecular weight is 397 g/mol. The lowest BCUT2D eigenvalue weighted by Gasteiger charge is -2.14. The van der Waals surface area contributed by atoms with E-state index in [-0.39, 0.29) is 11.7 Å². The van der Waals surface area contributed by atoms with Gasteiger partial charge >= 0.3 is 6.18 Å². The second-order valence-electron chi connectivity index (χ2n) is 5.46. The van der Waals surface area contributed by atoms with E-state index in [0.717, 1.165) is 11.1 Å². The molecule has 0 aliphatic rings. The molecule has 3 rings (SSSR count). The van der Waals surface area contributed by atoms with Gasteiger partial charge in [0.25, 0.3) is 5.91 Å². The smallest absolute Gasteiger partial charge is 0.434 e. The van der Waals surface area contributed by atoms with Crippen molar-refractivity contribution in [3.8, 4) is 11.7 Å². The normalized spacial score (nSPS) is 12.6. The van der Waals surface area contributed by atoms with Crippen molar-refractivity contribution >= 4 is 17.2 Å². The fourth-order valence-corrected chi connectivity index (χ4v) is 3.11. The Morgan fingerprint density at radius 3 is 2.63 bits per heavy atom. The predicted molar refractivity (Wildman–Crippen MR) is 90.9 cm³/mol. The van der Waals surface area contributed by atoms with Crippen LogP contribution in [0.2, 0.25) is 0 Å². The summed E-state index contributed by atoms with van der Waals surface area (Å²) in [4.78, 5) is 13.3. The molecule has 0 bridgehead atoms. The summed E-state index contributed by atoms with van der Waals surface area (Å²) < 4.78 is 46.3. The lowest BCUT2D eigenvalue weighted by atomic mass is 10.2. The van der Waals surface area contributed by atoms with Crippen molar-refractivity contribution in [2.24, 2.45) is 0 Å². The third kappa shape index (κ3) is 3.92. The van der Waals surface area contributed by atoms with Crippen LogP contribution < -0.4 is 10.1 Å². The molecule has 0 aliphatic heterocycles. The van der Waals surface area contributed by atoms with Crippen LogP contribution in [0.1, 0.15) is 33.9 Å². The van der Waals surface area contributed by atoms with Crippen molar-refractivity contribution in [3.63, 3.8) is 0 Å². The molecule has 1 amide bonds. The Labute approximate surface area is 155 Å². The first-order valence-corrected chi connectivity index (χ1v) is 8.56. The zero-order valence-electron chi connectivity index (χ0n) is 14.2. The minimum Gasteiger partial charge on any atom is -0.480 e. The third-order valence-electron chi connectivity index (χ3n) is 3.65. The first-order chi connectivity index (χ1) is 12.8. The van der Waals surface area contributed by atoms with Gasteiger partial charge in [-0.25, -0.2) is 4.68 Å². The largest absolute Gasteiger partial charge is 0.480 e. The maximum Gasteiger partial charge on any atom is 0.434 e. The summed E-state index contributed by atoms with van der Waals surface area (Å²) >= 11 is 1.40. The van der Waals surface area contributed by atoms with E-state index >= 15 is 0 Å². The van der Waals surface area contributed by atoms with E-state index in [9.17, 15) is 18.0 Å². The monoisotopic (exact) mass is 397 g/mol. The summed E-state index contributed by atoms with van der Waals surface area (Å²) in [6.07, 6.45) is -3.96. The molecule has 27 heavy (non-hydrogen) atoms. The van der Waals surface area contributed by atoms with Crippen LogP contribution in [-0.2, 0) is 6.18 Å². The Hall–Kier alpha value is -2.95. The molecule has 1 N–H and O–H groups in total. The number of alkyl halides is 3. The molecule has 3 heterocycles. The fourth-order valence-electron chi connectivity index (χ4n) is 2.38. The summed E-state index contributed by atoms with van der Waals surface area (Å²) in [5, 5.41) is 15.4. The van der Waals surface area contributed by atoms with Gasteiger partial charge in [0.2, 0.25) is 5.88 Å². The number of hydrogen-bond donors (Lipinski definition) is 1. The molecule has 0 aromatic carbocycles. The molecule has 0 saturated heterocycles. The van der Waals surface area contributed by atoms with Crippen molar-refractivity contribution < 1.29 is 22.7 Å². The molecule has 0 saturated carbocycles. The third-order valence-corrected chi connectivity index (χ3v) is 4.71. The van der Waals surface area contributed by atoms with E-state index in [1.54, 1.807) is 19.1 Å². The van der Waals surface area contributed by atoms with E-state index in [1.165, 1.54) is 30.6 Å². The topological polar surface area (TPSA) is 81.9 Å². The molecule has 0 radical (unpaired) electrons. The van der Waals surface area contributed by atoms with Crippen LogP contribution in [0.15, 0.2) is 35.8 Å². The maximum atomic E-state index is 13.6. The number of thiophene rings is 1. The van der Waals surface area contributed by atoms with Gasteiger partial charge in [0.05, 0.1) is 24.9 Å². The number of hydrogen-bond acceptors (Lipinski definition) is 6. The van der Waals surface area contributed by atoms with Gasteiger partial charge in [-0.2, -0.15) is 18.3 Å².